The van der Waals surface area contributed by atoms with Crippen LogP contribution in [0, 0.1) is 6.92 Å². The summed E-state index contributed by atoms with van der Waals surface area (Å²) in [5.74, 6) is 0.106. The molecule has 100 valence electrons. The van der Waals surface area contributed by atoms with E-state index in [4.69, 9.17) is 0 Å². The summed E-state index contributed by atoms with van der Waals surface area (Å²) in [5.41, 5.74) is 1.90. The molecule has 0 saturated heterocycles. The molecule has 0 atom stereocenters. The van der Waals surface area contributed by atoms with Crippen molar-refractivity contribution in [2.24, 2.45) is 0 Å². The smallest absolute Gasteiger partial charge is 0.255 e. The first kappa shape index (κ1) is 15.7. The van der Waals surface area contributed by atoms with E-state index in [1.807, 2.05) is 30.0 Å². The first-order valence-electron chi connectivity index (χ1n) is 6.21. The van der Waals surface area contributed by atoms with Gasteiger partial charge in [-0.05, 0) is 47.0 Å². The highest BCUT2D eigenvalue weighted by molar-refractivity contribution is 9.10. The van der Waals surface area contributed by atoms with E-state index in [1.54, 1.807) is 0 Å². The van der Waals surface area contributed by atoms with Crippen molar-refractivity contribution in [3.8, 4) is 0 Å². The van der Waals surface area contributed by atoms with Crippen LogP contribution in [0.15, 0.2) is 22.7 Å². The topological polar surface area (TPSA) is 20.3 Å². The van der Waals surface area contributed by atoms with Gasteiger partial charge in [0.25, 0.3) is 5.91 Å². The lowest BCUT2D eigenvalue weighted by Gasteiger charge is -2.22. The van der Waals surface area contributed by atoms with E-state index in [9.17, 15) is 4.79 Å². The van der Waals surface area contributed by atoms with Gasteiger partial charge in [-0.1, -0.05) is 35.3 Å². The van der Waals surface area contributed by atoms with Crippen LogP contribution in [0.2, 0.25) is 0 Å². The van der Waals surface area contributed by atoms with Crippen molar-refractivity contribution in [1.82, 2.24) is 4.90 Å². The molecule has 0 N–H and O–H groups in total. The molecule has 4 heteroatoms. The summed E-state index contributed by atoms with van der Waals surface area (Å²) in [6, 6.07) is 5.86. The maximum atomic E-state index is 12.4. The fourth-order valence-electron chi connectivity index (χ4n) is 1.73. The largest absolute Gasteiger partial charge is 0.338 e. The monoisotopic (exact) mass is 375 g/mol. The van der Waals surface area contributed by atoms with E-state index in [1.165, 1.54) is 0 Å². The molecule has 0 unspecified atom stereocenters. The lowest BCUT2D eigenvalue weighted by molar-refractivity contribution is 0.0763. The number of hydrogen-bond donors (Lipinski definition) is 0. The van der Waals surface area contributed by atoms with Crippen LogP contribution in [0.25, 0.3) is 0 Å². The number of carbonyl (C=O) groups excluding carboxylic acids is 1. The Morgan fingerprint density at radius 2 is 2.06 bits per heavy atom. The summed E-state index contributed by atoms with van der Waals surface area (Å²) in [6.07, 6.45) is 2.14. The van der Waals surface area contributed by atoms with E-state index in [-0.39, 0.29) is 5.91 Å². The second-order valence-corrected chi connectivity index (χ2v) is 5.97. The molecule has 1 rings (SSSR count). The molecule has 1 amide bonds. The van der Waals surface area contributed by atoms with Crippen LogP contribution in [0.3, 0.4) is 0 Å². The lowest BCUT2D eigenvalue weighted by atomic mass is 10.1. The predicted molar refractivity (Wildman–Crippen MR) is 83.5 cm³/mol. The lowest BCUT2D eigenvalue weighted by Crippen LogP contribution is -2.33. The zero-order valence-corrected chi connectivity index (χ0v) is 14.1. The minimum absolute atomic E-state index is 0.106. The number of halogens is 2. The highest BCUT2D eigenvalue weighted by Gasteiger charge is 2.17. The molecule has 1 aromatic carbocycles. The van der Waals surface area contributed by atoms with Crippen molar-refractivity contribution in [3.05, 3.63) is 33.8 Å². The predicted octanol–water partition coefficient (Wildman–Crippen LogP) is 4.39. The molecule has 0 spiro atoms. The molecule has 0 bridgehead atoms. The molecule has 2 nitrogen and oxygen atoms in total. The van der Waals surface area contributed by atoms with Gasteiger partial charge >= 0.3 is 0 Å². The molecule has 0 aliphatic carbocycles. The summed E-state index contributed by atoms with van der Waals surface area (Å²) in [7, 11) is 0. The summed E-state index contributed by atoms with van der Waals surface area (Å²) in [6.45, 7) is 5.73. The number of hydrogen-bond acceptors (Lipinski definition) is 1. The second kappa shape index (κ2) is 7.95. The SMILES string of the molecule is CCCCN(CCBr)C(=O)c1ccc(C)cc1Br. The van der Waals surface area contributed by atoms with Gasteiger partial charge < -0.3 is 4.90 Å². The van der Waals surface area contributed by atoms with Crippen molar-refractivity contribution in [3.63, 3.8) is 0 Å². The molecule has 0 saturated carbocycles. The van der Waals surface area contributed by atoms with Crippen LogP contribution in [-0.4, -0.2) is 29.2 Å². The Labute approximate surface area is 126 Å². The van der Waals surface area contributed by atoms with E-state index in [0.29, 0.717) is 0 Å². The number of unbranched alkanes of at least 4 members (excludes halogenated alkanes) is 1. The molecule has 0 aliphatic rings. The molecule has 18 heavy (non-hydrogen) atoms. The van der Waals surface area contributed by atoms with Crippen LogP contribution in [-0.2, 0) is 0 Å². The molecule has 0 aromatic heterocycles. The molecular weight excluding hydrogens is 358 g/mol. The molecule has 0 fully saturated rings. The average Bonchev–Trinajstić information content (AvgIpc) is 2.33. The molecule has 0 heterocycles. The summed E-state index contributed by atoms with van der Waals surface area (Å²) < 4.78 is 0.878. The maximum absolute atomic E-state index is 12.4. The van der Waals surface area contributed by atoms with Gasteiger partial charge in [0.2, 0.25) is 0 Å². The Hall–Kier alpha value is -0.350. The fourth-order valence-corrected chi connectivity index (χ4v) is 2.82. The van der Waals surface area contributed by atoms with Gasteiger partial charge in [0.15, 0.2) is 0 Å². The van der Waals surface area contributed by atoms with Crippen molar-refractivity contribution in [2.75, 3.05) is 18.4 Å². The average molecular weight is 377 g/mol. The van der Waals surface area contributed by atoms with Crippen molar-refractivity contribution < 1.29 is 4.79 Å². The molecular formula is C14H19Br2NO. The van der Waals surface area contributed by atoms with Crippen LogP contribution in [0.5, 0.6) is 0 Å². The normalized spacial score (nSPS) is 10.4. The van der Waals surface area contributed by atoms with Gasteiger partial charge in [-0.2, -0.15) is 0 Å². The van der Waals surface area contributed by atoms with E-state index < -0.39 is 0 Å². The van der Waals surface area contributed by atoms with Gasteiger partial charge in [-0.25, -0.2) is 0 Å². The van der Waals surface area contributed by atoms with Gasteiger partial charge in [-0.15, -0.1) is 0 Å². The Morgan fingerprint density at radius 1 is 1.33 bits per heavy atom. The third-order valence-corrected chi connectivity index (χ3v) is 3.79. The van der Waals surface area contributed by atoms with Gasteiger partial charge in [-0.3, -0.25) is 4.79 Å². The second-order valence-electron chi connectivity index (χ2n) is 4.32. The highest BCUT2D eigenvalue weighted by Crippen LogP contribution is 2.20. The first-order chi connectivity index (χ1) is 8.60. The van der Waals surface area contributed by atoms with Crippen molar-refractivity contribution in [1.29, 1.82) is 0 Å². The Balaban J connectivity index is 2.87. The minimum atomic E-state index is 0.106. The third kappa shape index (κ3) is 4.39. The fraction of sp³-hybridized carbons (Fsp3) is 0.500. The number of amides is 1. The number of carbonyl (C=O) groups is 1. The van der Waals surface area contributed by atoms with E-state index >= 15 is 0 Å². The van der Waals surface area contributed by atoms with Crippen molar-refractivity contribution in [2.45, 2.75) is 26.7 Å². The Kier molecular flexibility index (Phi) is 6.94. The van der Waals surface area contributed by atoms with Crippen molar-refractivity contribution >= 4 is 37.8 Å². The third-order valence-electron chi connectivity index (χ3n) is 2.78. The van der Waals surface area contributed by atoms with Crippen LogP contribution < -0.4 is 0 Å². The number of benzene rings is 1. The molecule has 0 radical (unpaired) electrons. The van der Waals surface area contributed by atoms with Gasteiger partial charge in [0.05, 0.1) is 5.56 Å². The summed E-state index contributed by atoms with van der Waals surface area (Å²) >= 11 is 6.88. The van der Waals surface area contributed by atoms with Crippen LogP contribution in [0.1, 0.15) is 35.7 Å². The van der Waals surface area contributed by atoms with E-state index in [2.05, 4.69) is 38.8 Å². The quantitative estimate of drug-likeness (QED) is 0.674. The van der Waals surface area contributed by atoms with Crippen LogP contribution in [0.4, 0.5) is 0 Å². The zero-order valence-electron chi connectivity index (χ0n) is 10.9. The van der Waals surface area contributed by atoms with Gasteiger partial charge in [0.1, 0.15) is 0 Å². The number of alkyl halides is 1. The summed E-state index contributed by atoms with van der Waals surface area (Å²) in [5, 5.41) is 0.811. The number of rotatable bonds is 6. The number of aryl methyl sites for hydroxylation is 1. The highest BCUT2D eigenvalue weighted by atomic mass is 79.9. The molecule has 1 aromatic rings. The molecule has 0 aliphatic heterocycles. The summed E-state index contributed by atoms with van der Waals surface area (Å²) in [4.78, 5) is 14.4. The Morgan fingerprint density at radius 3 is 2.61 bits per heavy atom. The van der Waals surface area contributed by atoms with E-state index in [0.717, 1.165) is 46.9 Å². The standard InChI is InChI=1S/C14H19Br2NO/c1-3-4-8-17(9-7-15)14(18)12-6-5-11(2)10-13(12)16/h5-6,10H,3-4,7-9H2,1-2H3. The maximum Gasteiger partial charge on any atom is 0.255 e. The van der Waals surface area contributed by atoms with Gasteiger partial charge in [0, 0.05) is 22.9 Å². The minimum Gasteiger partial charge on any atom is -0.338 e. The van der Waals surface area contributed by atoms with Crippen LogP contribution >= 0.6 is 31.9 Å². The number of nitrogens with zero attached hydrogens (tertiary/aromatic N) is 1. The Bertz CT molecular complexity index is 407. The first-order valence-corrected chi connectivity index (χ1v) is 8.13. The zero-order chi connectivity index (χ0) is 13.5.